The third kappa shape index (κ3) is 3.28. The summed E-state index contributed by atoms with van der Waals surface area (Å²) in [5.41, 5.74) is 5.98. The molecule has 0 aromatic heterocycles. The van der Waals surface area contributed by atoms with E-state index in [1.54, 1.807) is 0 Å². The molecule has 0 aliphatic carbocycles. The van der Waals surface area contributed by atoms with Crippen LogP contribution in [0.15, 0.2) is 18.2 Å². The minimum absolute atomic E-state index is 0.177. The van der Waals surface area contributed by atoms with Gasteiger partial charge in [-0.15, -0.1) is 0 Å². The van der Waals surface area contributed by atoms with Crippen LogP contribution in [0.1, 0.15) is 22.3 Å². The van der Waals surface area contributed by atoms with Crippen LogP contribution in [-0.4, -0.2) is 17.6 Å². The zero-order chi connectivity index (χ0) is 11.3. The molecule has 0 heterocycles. The summed E-state index contributed by atoms with van der Waals surface area (Å²) in [5.74, 6) is 4.60. The Morgan fingerprint density at radius 3 is 2.87 bits per heavy atom. The quantitative estimate of drug-likeness (QED) is 0.751. The first-order valence-electron chi connectivity index (χ1n) is 4.37. The fourth-order valence-electron chi connectivity index (χ4n) is 0.984. The van der Waals surface area contributed by atoms with Crippen molar-refractivity contribution in [3.8, 4) is 11.8 Å². The second-order valence-corrected chi connectivity index (χ2v) is 3.25. The zero-order valence-corrected chi connectivity index (χ0v) is 8.71. The molecule has 0 spiro atoms. The summed E-state index contributed by atoms with van der Waals surface area (Å²) >= 11 is 5.85. The Morgan fingerprint density at radius 2 is 2.27 bits per heavy atom. The SMILES string of the molecule is NCCC#Cc1cc(C(=O)O)ccc1Cl. The zero-order valence-electron chi connectivity index (χ0n) is 7.96. The largest absolute Gasteiger partial charge is 0.478 e. The molecule has 0 amide bonds. The van der Waals surface area contributed by atoms with Gasteiger partial charge in [-0.1, -0.05) is 23.4 Å². The number of carbonyl (C=O) groups is 1. The van der Waals surface area contributed by atoms with Gasteiger partial charge >= 0.3 is 5.97 Å². The Labute approximate surface area is 92.9 Å². The van der Waals surface area contributed by atoms with Gasteiger partial charge in [0.1, 0.15) is 0 Å². The Kier molecular flexibility index (Phi) is 4.17. The topological polar surface area (TPSA) is 63.3 Å². The van der Waals surface area contributed by atoms with Gasteiger partial charge < -0.3 is 10.8 Å². The molecule has 1 aromatic rings. The van der Waals surface area contributed by atoms with Crippen molar-refractivity contribution in [1.82, 2.24) is 0 Å². The standard InChI is InChI=1S/C11H10ClNO2/c12-10-5-4-9(11(14)15)7-8(10)3-1-2-6-13/h4-5,7H,2,6,13H2,(H,14,15). The average Bonchev–Trinajstić information content (AvgIpc) is 2.20. The molecule has 15 heavy (non-hydrogen) atoms. The molecule has 0 radical (unpaired) electrons. The summed E-state index contributed by atoms with van der Waals surface area (Å²) < 4.78 is 0. The van der Waals surface area contributed by atoms with Crippen molar-refractivity contribution in [3.63, 3.8) is 0 Å². The summed E-state index contributed by atoms with van der Waals surface area (Å²) in [4.78, 5) is 10.7. The molecule has 0 unspecified atom stereocenters. The number of carboxylic acids is 1. The van der Waals surface area contributed by atoms with E-state index in [0.717, 1.165) is 0 Å². The monoisotopic (exact) mass is 223 g/mol. The fraction of sp³-hybridized carbons (Fsp3) is 0.182. The number of benzene rings is 1. The normalized spacial score (nSPS) is 9.20. The Morgan fingerprint density at radius 1 is 1.53 bits per heavy atom. The first-order chi connectivity index (χ1) is 7.15. The summed E-state index contributed by atoms with van der Waals surface area (Å²) in [6.07, 6.45) is 0.563. The van der Waals surface area contributed by atoms with Gasteiger partial charge in [0.15, 0.2) is 0 Å². The summed E-state index contributed by atoms with van der Waals surface area (Å²) in [6, 6.07) is 4.42. The second-order valence-electron chi connectivity index (χ2n) is 2.84. The van der Waals surface area contributed by atoms with Crippen LogP contribution in [0, 0.1) is 11.8 Å². The highest BCUT2D eigenvalue weighted by Gasteiger charge is 2.05. The molecule has 1 aromatic carbocycles. The molecule has 3 nitrogen and oxygen atoms in total. The highest BCUT2D eigenvalue weighted by molar-refractivity contribution is 6.31. The third-order valence-electron chi connectivity index (χ3n) is 1.71. The molecule has 4 heteroatoms. The number of rotatable bonds is 2. The van der Waals surface area contributed by atoms with Gasteiger partial charge in [-0.25, -0.2) is 4.79 Å². The van der Waals surface area contributed by atoms with Crippen LogP contribution in [0.25, 0.3) is 0 Å². The lowest BCUT2D eigenvalue weighted by molar-refractivity contribution is 0.0697. The molecule has 0 saturated carbocycles. The molecule has 0 atom stereocenters. The van der Waals surface area contributed by atoms with Crippen LogP contribution < -0.4 is 5.73 Å². The number of halogens is 1. The number of nitrogens with two attached hydrogens (primary N) is 1. The van der Waals surface area contributed by atoms with Crippen LogP contribution in [0.3, 0.4) is 0 Å². The maximum atomic E-state index is 10.7. The molecule has 0 aliphatic rings. The van der Waals surface area contributed by atoms with Crippen molar-refractivity contribution in [2.75, 3.05) is 6.54 Å². The van der Waals surface area contributed by atoms with Crippen molar-refractivity contribution in [3.05, 3.63) is 34.3 Å². The van der Waals surface area contributed by atoms with Gasteiger partial charge in [-0.2, -0.15) is 0 Å². The van der Waals surface area contributed by atoms with E-state index >= 15 is 0 Å². The molecule has 3 N–H and O–H groups in total. The second kappa shape index (κ2) is 5.40. The van der Waals surface area contributed by atoms with Crippen molar-refractivity contribution < 1.29 is 9.90 Å². The van der Waals surface area contributed by atoms with Crippen molar-refractivity contribution >= 4 is 17.6 Å². The van der Waals surface area contributed by atoms with Crippen molar-refractivity contribution in [2.45, 2.75) is 6.42 Å². The van der Waals surface area contributed by atoms with Crippen LogP contribution in [-0.2, 0) is 0 Å². The number of carboxylic acid groups (broad SMARTS) is 1. The van der Waals surface area contributed by atoms with E-state index in [0.29, 0.717) is 23.6 Å². The van der Waals surface area contributed by atoms with Crippen LogP contribution in [0.4, 0.5) is 0 Å². The molecule has 1 rings (SSSR count). The van der Waals surface area contributed by atoms with Crippen LogP contribution >= 0.6 is 11.6 Å². The number of hydrogen-bond donors (Lipinski definition) is 2. The minimum Gasteiger partial charge on any atom is -0.478 e. The maximum absolute atomic E-state index is 10.7. The molecule has 0 aliphatic heterocycles. The summed E-state index contributed by atoms with van der Waals surface area (Å²) in [6.45, 7) is 0.475. The molecular formula is C11H10ClNO2. The van der Waals surface area contributed by atoms with E-state index in [9.17, 15) is 4.79 Å². The number of hydrogen-bond acceptors (Lipinski definition) is 2. The highest BCUT2D eigenvalue weighted by atomic mass is 35.5. The van der Waals surface area contributed by atoms with E-state index in [4.69, 9.17) is 22.4 Å². The fourth-order valence-corrected chi connectivity index (χ4v) is 1.15. The van der Waals surface area contributed by atoms with E-state index < -0.39 is 5.97 Å². The number of aromatic carboxylic acids is 1. The van der Waals surface area contributed by atoms with Crippen molar-refractivity contribution in [1.29, 1.82) is 0 Å². The van der Waals surface area contributed by atoms with Gasteiger partial charge in [0.05, 0.1) is 10.6 Å². The molecule has 0 bridgehead atoms. The Balaban J connectivity index is 3.02. The Bertz CT molecular complexity index is 432. The van der Waals surface area contributed by atoms with Gasteiger partial charge in [0.25, 0.3) is 0 Å². The van der Waals surface area contributed by atoms with Gasteiger partial charge in [-0.05, 0) is 18.2 Å². The van der Waals surface area contributed by atoms with Gasteiger partial charge in [0, 0.05) is 18.5 Å². The van der Waals surface area contributed by atoms with Gasteiger partial charge in [-0.3, -0.25) is 0 Å². The van der Waals surface area contributed by atoms with Gasteiger partial charge in [0.2, 0.25) is 0 Å². The minimum atomic E-state index is -0.992. The third-order valence-corrected chi connectivity index (χ3v) is 2.04. The van der Waals surface area contributed by atoms with Crippen molar-refractivity contribution in [2.24, 2.45) is 5.73 Å². The van der Waals surface area contributed by atoms with E-state index in [-0.39, 0.29) is 5.56 Å². The van der Waals surface area contributed by atoms with E-state index in [1.807, 2.05) is 0 Å². The summed E-state index contributed by atoms with van der Waals surface area (Å²) in [7, 11) is 0. The lowest BCUT2D eigenvalue weighted by Gasteiger charge is -1.98. The smallest absolute Gasteiger partial charge is 0.335 e. The molecule has 0 saturated heterocycles. The highest BCUT2D eigenvalue weighted by Crippen LogP contribution is 2.16. The Hall–Kier alpha value is -1.50. The predicted molar refractivity (Wildman–Crippen MR) is 59.0 cm³/mol. The lowest BCUT2D eigenvalue weighted by Crippen LogP contribution is -1.97. The van der Waals surface area contributed by atoms with E-state index in [1.165, 1.54) is 18.2 Å². The predicted octanol–water partition coefficient (Wildman–Crippen LogP) is 1.74. The summed E-state index contributed by atoms with van der Waals surface area (Å²) in [5, 5.41) is 9.21. The molecule has 78 valence electrons. The van der Waals surface area contributed by atoms with Crippen LogP contribution in [0.2, 0.25) is 5.02 Å². The molecular weight excluding hydrogens is 214 g/mol. The first-order valence-corrected chi connectivity index (χ1v) is 4.74. The van der Waals surface area contributed by atoms with Crippen LogP contribution in [0.5, 0.6) is 0 Å². The average molecular weight is 224 g/mol. The molecule has 0 fully saturated rings. The first kappa shape index (κ1) is 11.6. The lowest BCUT2D eigenvalue weighted by atomic mass is 10.1. The van der Waals surface area contributed by atoms with E-state index in [2.05, 4.69) is 11.8 Å². The maximum Gasteiger partial charge on any atom is 0.335 e.